The van der Waals surface area contributed by atoms with Crippen LogP contribution in [0.2, 0.25) is 0 Å². The molecule has 18 heavy (non-hydrogen) atoms. The summed E-state index contributed by atoms with van der Waals surface area (Å²) < 4.78 is 0. The summed E-state index contributed by atoms with van der Waals surface area (Å²) in [4.78, 5) is 23.9. The first-order valence-electron chi connectivity index (χ1n) is 6.35. The van der Waals surface area contributed by atoms with Crippen LogP contribution in [0, 0.1) is 5.92 Å². The van der Waals surface area contributed by atoms with Crippen LogP contribution in [0.3, 0.4) is 0 Å². The van der Waals surface area contributed by atoms with Gasteiger partial charge in [0.15, 0.2) is 0 Å². The van der Waals surface area contributed by atoms with Crippen LogP contribution in [0.4, 0.5) is 4.79 Å². The summed E-state index contributed by atoms with van der Waals surface area (Å²) in [6, 6.07) is -0.399. The van der Waals surface area contributed by atoms with Crippen molar-refractivity contribution in [3.63, 3.8) is 0 Å². The largest absolute Gasteiger partial charge is 0.481 e. The van der Waals surface area contributed by atoms with Gasteiger partial charge in [0.1, 0.15) is 0 Å². The van der Waals surface area contributed by atoms with E-state index in [0.29, 0.717) is 19.5 Å². The molecule has 1 saturated heterocycles. The van der Waals surface area contributed by atoms with E-state index in [9.17, 15) is 14.7 Å². The minimum Gasteiger partial charge on any atom is -0.481 e. The predicted octanol–water partition coefficient (Wildman–Crippen LogP) is 0.652. The fraction of sp³-hybridized carbons (Fsp3) is 0.833. The number of nitrogens with zero attached hydrogens (tertiary/aromatic N) is 1. The number of hydrogen-bond acceptors (Lipinski definition) is 3. The van der Waals surface area contributed by atoms with Crippen molar-refractivity contribution in [3.8, 4) is 0 Å². The highest BCUT2D eigenvalue weighted by Crippen LogP contribution is 2.16. The Morgan fingerprint density at radius 2 is 2.17 bits per heavy atom. The van der Waals surface area contributed by atoms with Crippen LogP contribution in [-0.2, 0) is 4.79 Å². The number of carboxylic acid groups (broad SMARTS) is 1. The summed E-state index contributed by atoms with van der Waals surface area (Å²) in [6.45, 7) is 4.73. The number of piperidine rings is 1. The molecule has 0 spiro atoms. The van der Waals surface area contributed by atoms with Gasteiger partial charge in [-0.15, -0.1) is 0 Å². The second-order valence-corrected chi connectivity index (χ2v) is 5.06. The lowest BCUT2D eigenvalue weighted by molar-refractivity contribution is -0.137. The molecule has 0 radical (unpaired) electrons. The normalized spacial score (nSPS) is 25.6. The van der Waals surface area contributed by atoms with Crippen LogP contribution in [0.1, 0.15) is 33.1 Å². The van der Waals surface area contributed by atoms with Crippen molar-refractivity contribution in [1.82, 2.24) is 10.2 Å². The van der Waals surface area contributed by atoms with Crippen LogP contribution in [-0.4, -0.2) is 52.3 Å². The Bertz CT molecular complexity index is 308. The second kappa shape index (κ2) is 6.58. The number of likely N-dealkylation sites (tertiary alicyclic amines) is 1. The molecule has 6 heteroatoms. The molecule has 1 heterocycles. The molecular weight excluding hydrogens is 236 g/mol. The third kappa shape index (κ3) is 4.52. The maximum absolute atomic E-state index is 11.9. The molecule has 3 atom stereocenters. The van der Waals surface area contributed by atoms with Gasteiger partial charge in [-0.3, -0.25) is 4.79 Å². The van der Waals surface area contributed by atoms with Gasteiger partial charge in [-0.1, -0.05) is 6.92 Å². The molecule has 6 nitrogen and oxygen atoms in total. The number of hydrogen-bond donors (Lipinski definition) is 3. The minimum absolute atomic E-state index is 0.0428. The third-order valence-electron chi connectivity index (χ3n) is 3.37. The van der Waals surface area contributed by atoms with Gasteiger partial charge in [-0.25, -0.2) is 4.79 Å². The zero-order valence-electron chi connectivity index (χ0n) is 10.9. The van der Waals surface area contributed by atoms with Crippen molar-refractivity contribution in [1.29, 1.82) is 0 Å². The predicted molar refractivity (Wildman–Crippen MR) is 66.2 cm³/mol. The lowest BCUT2D eigenvalue weighted by Crippen LogP contribution is -2.51. The molecule has 1 aliphatic rings. The van der Waals surface area contributed by atoms with Gasteiger partial charge in [0.25, 0.3) is 0 Å². The van der Waals surface area contributed by atoms with Gasteiger partial charge in [-0.05, 0) is 25.7 Å². The van der Waals surface area contributed by atoms with Crippen molar-refractivity contribution in [2.45, 2.75) is 45.3 Å². The van der Waals surface area contributed by atoms with E-state index in [1.807, 2.05) is 6.92 Å². The summed E-state index contributed by atoms with van der Waals surface area (Å²) in [5, 5.41) is 21.0. The molecule has 0 aromatic rings. The SMILES string of the molecule is CC(CCC(=O)O)NC(=O)N1CCC(C)C(O)C1. The smallest absolute Gasteiger partial charge is 0.317 e. The zero-order chi connectivity index (χ0) is 13.7. The lowest BCUT2D eigenvalue weighted by Gasteiger charge is -2.34. The van der Waals surface area contributed by atoms with E-state index in [2.05, 4.69) is 5.32 Å². The molecule has 0 aromatic carbocycles. The van der Waals surface area contributed by atoms with Crippen molar-refractivity contribution >= 4 is 12.0 Å². The second-order valence-electron chi connectivity index (χ2n) is 5.06. The van der Waals surface area contributed by atoms with Crippen LogP contribution in [0.25, 0.3) is 0 Å². The number of urea groups is 1. The minimum atomic E-state index is -0.863. The Morgan fingerprint density at radius 1 is 1.50 bits per heavy atom. The molecular formula is C12H22N2O4. The number of β-amino-alcohol motifs (C(OH)–C–C–N with tert-alkyl or cyclic N) is 1. The van der Waals surface area contributed by atoms with E-state index in [1.54, 1.807) is 11.8 Å². The summed E-state index contributed by atoms with van der Waals surface area (Å²) in [5.74, 6) is -0.642. The average molecular weight is 258 g/mol. The number of amides is 2. The van der Waals surface area contributed by atoms with Gasteiger partial charge in [-0.2, -0.15) is 0 Å². The molecule has 0 saturated carbocycles. The van der Waals surface area contributed by atoms with E-state index < -0.39 is 12.1 Å². The van der Waals surface area contributed by atoms with E-state index >= 15 is 0 Å². The highest BCUT2D eigenvalue weighted by Gasteiger charge is 2.27. The first-order valence-corrected chi connectivity index (χ1v) is 6.35. The third-order valence-corrected chi connectivity index (χ3v) is 3.37. The quantitative estimate of drug-likeness (QED) is 0.690. The van der Waals surface area contributed by atoms with Gasteiger partial charge in [0.05, 0.1) is 6.10 Å². The molecule has 0 aliphatic carbocycles. The number of carbonyl (C=O) groups is 2. The number of aliphatic hydroxyl groups is 1. The number of nitrogens with one attached hydrogen (secondary N) is 1. The topological polar surface area (TPSA) is 89.9 Å². The first kappa shape index (κ1) is 14.8. The van der Waals surface area contributed by atoms with Crippen LogP contribution < -0.4 is 5.32 Å². The molecule has 1 fully saturated rings. The van der Waals surface area contributed by atoms with Crippen LogP contribution in [0.5, 0.6) is 0 Å². The molecule has 2 amide bonds. The van der Waals surface area contributed by atoms with Crippen molar-refractivity contribution < 1.29 is 19.8 Å². The van der Waals surface area contributed by atoms with Crippen molar-refractivity contribution in [3.05, 3.63) is 0 Å². The molecule has 1 rings (SSSR count). The zero-order valence-corrected chi connectivity index (χ0v) is 10.9. The maximum atomic E-state index is 11.9. The molecule has 104 valence electrons. The summed E-state index contributed by atoms with van der Waals surface area (Å²) >= 11 is 0. The lowest BCUT2D eigenvalue weighted by atomic mass is 9.96. The fourth-order valence-corrected chi connectivity index (χ4v) is 1.95. The molecule has 0 aromatic heterocycles. The Hall–Kier alpha value is -1.30. The Labute approximate surface area is 107 Å². The summed E-state index contributed by atoms with van der Waals surface area (Å²) in [5.41, 5.74) is 0. The van der Waals surface area contributed by atoms with E-state index in [4.69, 9.17) is 5.11 Å². The number of aliphatic hydroxyl groups excluding tert-OH is 1. The van der Waals surface area contributed by atoms with Crippen molar-refractivity contribution in [2.24, 2.45) is 5.92 Å². The number of carbonyl (C=O) groups excluding carboxylic acids is 1. The molecule has 1 aliphatic heterocycles. The number of rotatable bonds is 4. The van der Waals surface area contributed by atoms with Gasteiger partial charge in [0.2, 0.25) is 0 Å². The van der Waals surface area contributed by atoms with Gasteiger partial charge < -0.3 is 20.4 Å². The maximum Gasteiger partial charge on any atom is 0.317 e. The molecule has 3 unspecified atom stereocenters. The van der Waals surface area contributed by atoms with E-state index in [0.717, 1.165) is 6.42 Å². The Kier molecular flexibility index (Phi) is 5.40. The Morgan fingerprint density at radius 3 is 2.72 bits per heavy atom. The average Bonchev–Trinajstić information content (AvgIpc) is 2.30. The van der Waals surface area contributed by atoms with Gasteiger partial charge >= 0.3 is 12.0 Å². The highest BCUT2D eigenvalue weighted by atomic mass is 16.4. The van der Waals surface area contributed by atoms with Gasteiger partial charge in [0, 0.05) is 25.6 Å². The molecule has 3 N–H and O–H groups in total. The number of carboxylic acids is 1. The first-order chi connectivity index (χ1) is 8.40. The summed E-state index contributed by atoms with van der Waals surface area (Å²) in [6.07, 6.45) is 0.770. The summed E-state index contributed by atoms with van der Waals surface area (Å²) in [7, 11) is 0. The Balaban J connectivity index is 2.34. The number of aliphatic carboxylic acids is 1. The van der Waals surface area contributed by atoms with E-state index in [-0.39, 0.29) is 24.4 Å². The van der Waals surface area contributed by atoms with Crippen LogP contribution in [0.15, 0.2) is 0 Å². The van der Waals surface area contributed by atoms with Crippen LogP contribution >= 0.6 is 0 Å². The monoisotopic (exact) mass is 258 g/mol. The van der Waals surface area contributed by atoms with Crippen molar-refractivity contribution in [2.75, 3.05) is 13.1 Å². The van der Waals surface area contributed by atoms with E-state index in [1.165, 1.54) is 0 Å². The highest BCUT2D eigenvalue weighted by molar-refractivity contribution is 5.74. The standard InChI is InChI=1S/C12H22N2O4/c1-8-5-6-14(7-10(8)15)12(18)13-9(2)3-4-11(16)17/h8-10,15H,3-7H2,1-2H3,(H,13,18)(H,16,17). The fourth-order valence-electron chi connectivity index (χ4n) is 1.95. The molecule has 0 bridgehead atoms.